The number of rotatable bonds is 8. The minimum absolute atomic E-state index is 0.0156. The molecule has 0 radical (unpaired) electrons. The lowest BCUT2D eigenvalue weighted by atomic mass is 9.83. The number of nitrogens with one attached hydrogen (secondary N) is 3. The highest BCUT2D eigenvalue weighted by Crippen LogP contribution is 2.43. The van der Waals surface area contributed by atoms with Gasteiger partial charge in [0.1, 0.15) is 18.0 Å². The molecule has 2 aliphatic rings. The topological polar surface area (TPSA) is 82.2 Å². The Bertz CT molecular complexity index is 1290. The van der Waals surface area contributed by atoms with Crippen LogP contribution in [0.5, 0.6) is 0 Å². The molecule has 1 aliphatic heterocycles. The summed E-state index contributed by atoms with van der Waals surface area (Å²) in [6.07, 6.45) is 6.45. The summed E-state index contributed by atoms with van der Waals surface area (Å²) in [6.45, 7) is 6.76. The van der Waals surface area contributed by atoms with Gasteiger partial charge in [-0.1, -0.05) is 18.2 Å². The van der Waals surface area contributed by atoms with Crippen molar-refractivity contribution in [2.75, 3.05) is 42.6 Å². The number of anilines is 4. The summed E-state index contributed by atoms with van der Waals surface area (Å²) in [7, 11) is 2.22. The molecule has 2 bridgehead atoms. The van der Waals surface area contributed by atoms with Crippen LogP contribution >= 0.6 is 11.6 Å². The van der Waals surface area contributed by atoms with Crippen molar-refractivity contribution >= 4 is 51.3 Å². The SMILES string of the molecule is C=CC(=O)Nc1cc2c(Nc3ccc(F)c(Cl)c3)ncnc2cc1NCCC1C2CCC1CN(C)C2. The maximum atomic E-state index is 13.6. The Balaban J connectivity index is 1.39. The number of carbonyl (C=O) groups excluding carboxylic acids is 1. The molecule has 2 fully saturated rings. The molecule has 2 unspecified atom stereocenters. The maximum Gasteiger partial charge on any atom is 0.247 e. The van der Waals surface area contributed by atoms with Gasteiger partial charge >= 0.3 is 0 Å². The molecule has 1 aliphatic carbocycles. The van der Waals surface area contributed by atoms with Crippen LogP contribution in [0.1, 0.15) is 19.3 Å². The Labute approximate surface area is 215 Å². The summed E-state index contributed by atoms with van der Waals surface area (Å²) in [5, 5.41) is 10.3. The van der Waals surface area contributed by atoms with Gasteiger partial charge in [0.25, 0.3) is 0 Å². The lowest BCUT2D eigenvalue weighted by molar-refractivity contribution is -0.111. The van der Waals surface area contributed by atoms with Crippen molar-refractivity contribution in [2.45, 2.75) is 19.3 Å². The molecule has 0 spiro atoms. The highest BCUT2D eigenvalue weighted by molar-refractivity contribution is 6.31. The Morgan fingerprint density at radius 2 is 1.97 bits per heavy atom. The highest BCUT2D eigenvalue weighted by Gasteiger charge is 2.40. The number of piperidine rings is 1. The van der Waals surface area contributed by atoms with Crippen molar-refractivity contribution in [1.82, 2.24) is 14.9 Å². The number of likely N-dealkylation sites (tertiary alicyclic amines) is 1. The van der Waals surface area contributed by atoms with E-state index in [0.717, 1.165) is 36.4 Å². The zero-order valence-corrected chi connectivity index (χ0v) is 21.0. The molecule has 1 saturated carbocycles. The zero-order valence-electron chi connectivity index (χ0n) is 20.2. The maximum absolute atomic E-state index is 13.6. The van der Waals surface area contributed by atoms with Gasteiger partial charge in [-0.3, -0.25) is 4.79 Å². The number of fused-ring (bicyclic) bond motifs is 3. The van der Waals surface area contributed by atoms with Crippen LogP contribution in [0.3, 0.4) is 0 Å². The smallest absolute Gasteiger partial charge is 0.247 e. The summed E-state index contributed by atoms with van der Waals surface area (Å²) in [6, 6.07) is 8.13. The summed E-state index contributed by atoms with van der Waals surface area (Å²) in [5.74, 6) is 2.00. The Kier molecular flexibility index (Phi) is 7.07. The first-order valence-electron chi connectivity index (χ1n) is 12.3. The standard InChI is InChI=1S/C27H30ClFN6O/c1-3-26(36)34-25-11-20-23(31-15-32-27(20)33-18-6-7-22(29)21(28)10-18)12-24(25)30-9-8-19-16-4-5-17(19)14-35(2)13-16/h3,6-7,10-12,15-17,19,30H,1,4-5,8-9,13-14H2,2H3,(H,34,36)(H,31,32,33). The third kappa shape index (κ3) is 5.15. The van der Waals surface area contributed by atoms with Gasteiger partial charge < -0.3 is 20.9 Å². The summed E-state index contributed by atoms with van der Waals surface area (Å²) < 4.78 is 13.6. The van der Waals surface area contributed by atoms with Crippen molar-refractivity contribution in [3.05, 3.63) is 60.2 Å². The van der Waals surface area contributed by atoms with Crippen molar-refractivity contribution < 1.29 is 9.18 Å². The van der Waals surface area contributed by atoms with Gasteiger partial charge in [-0.2, -0.15) is 0 Å². The average molecular weight is 509 g/mol. The van der Waals surface area contributed by atoms with E-state index in [0.29, 0.717) is 28.1 Å². The van der Waals surface area contributed by atoms with E-state index >= 15 is 0 Å². The van der Waals surface area contributed by atoms with Crippen LogP contribution in [0.15, 0.2) is 49.3 Å². The lowest BCUT2D eigenvalue weighted by Gasteiger charge is -2.36. The van der Waals surface area contributed by atoms with E-state index in [1.807, 2.05) is 12.1 Å². The molecule has 2 aromatic carbocycles. The highest BCUT2D eigenvalue weighted by atomic mass is 35.5. The number of amides is 1. The normalized spacial score (nSPS) is 21.4. The second-order valence-corrected chi connectivity index (χ2v) is 10.2. The second kappa shape index (κ2) is 10.4. The minimum atomic E-state index is -0.492. The number of carbonyl (C=O) groups is 1. The van der Waals surface area contributed by atoms with E-state index < -0.39 is 5.82 Å². The lowest BCUT2D eigenvalue weighted by Crippen LogP contribution is -2.40. The van der Waals surface area contributed by atoms with Crippen molar-refractivity contribution in [3.8, 4) is 0 Å². The summed E-state index contributed by atoms with van der Waals surface area (Å²) >= 11 is 5.94. The van der Waals surface area contributed by atoms with Crippen LogP contribution in [0.4, 0.5) is 27.3 Å². The molecule has 1 aromatic heterocycles. The Morgan fingerprint density at radius 3 is 2.69 bits per heavy atom. The van der Waals surface area contributed by atoms with E-state index in [4.69, 9.17) is 11.6 Å². The van der Waals surface area contributed by atoms with Gasteiger partial charge in [-0.05, 0) is 80.5 Å². The predicted octanol–water partition coefficient (Wildman–Crippen LogP) is 5.68. The van der Waals surface area contributed by atoms with Gasteiger partial charge in [0.15, 0.2) is 0 Å². The molecule has 2 atom stereocenters. The first-order chi connectivity index (χ1) is 17.4. The summed E-state index contributed by atoms with van der Waals surface area (Å²) in [5.41, 5.74) is 2.72. The number of halogens is 2. The molecule has 2 heterocycles. The molecular formula is C27H30ClFN6O. The minimum Gasteiger partial charge on any atom is -0.383 e. The molecule has 1 amide bonds. The number of aromatic nitrogens is 2. The van der Waals surface area contributed by atoms with E-state index in [1.165, 1.54) is 50.5 Å². The van der Waals surface area contributed by atoms with Crippen LogP contribution in [-0.4, -0.2) is 47.5 Å². The molecule has 36 heavy (non-hydrogen) atoms. The van der Waals surface area contributed by atoms with Crippen LogP contribution < -0.4 is 16.0 Å². The molecule has 3 aromatic rings. The van der Waals surface area contributed by atoms with Crippen LogP contribution in [0.25, 0.3) is 10.9 Å². The molecule has 5 rings (SSSR count). The van der Waals surface area contributed by atoms with Gasteiger partial charge in [-0.25, -0.2) is 14.4 Å². The average Bonchev–Trinajstić information content (AvgIpc) is 3.10. The van der Waals surface area contributed by atoms with E-state index in [9.17, 15) is 9.18 Å². The van der Waals surface area contributed by atoms with Crippen molar-refractivity contribution in [1.29, 1.82) is 0 Å². The largest absolute Gasteiger partial charge is 0.383 e. The second-order valence-electron chi connectivity index (χ2n) is 9.78. The van der Waals surface area contributed by atoms with Crippen LogP contribution in [-0.2, 0) is 4.79 Å². The zero-order chi connectivity index (χ0) is 25.2. The summed E-state index contributed by atoms with van der Waals surface area (Å²) in [4.78, 5) is 23.5. The van der Waals surface area contributed by atoms with Gasteiger partial charge in [-0.15, -0.1) is 0 Å². The van der Waals surface area contributed by atoms with Crippen LogP contribution in [0.2, 0.25) is 5.02 Å². The Hall–Kier alpha value is -3.23. The first-order valence-corrected chi connectivity index (χ1v) is 12.7. The van der Waals surface area contributed by atoms with Crippen molar-refractivity contribution in [3.63, 3.8) is 0 Å². The Morgan fingerprint density at radius 1 is 1.19 bits per heavy atom. The molecule has 7 nitrogen and oxygen atoms in total. The molecule has 3 N–H and O–H groups in total. The van der Waals surface area contributed by atoms with Gasteiger partial charge in [0, 0.05) is 30.7 Å². The van der Waals surface area contributed by atoms with E-state index in [-0.39, 0.29) is 10.9 Å². The third-order valence-corrected chi connectivity index (χ3v) is 7.69. The fourth-order valence-corrected chi connectivity index (χ4v) is 5.94. The quantitative estimate of drug-likeness (QED) is 0.340. The van der Waals surface area contributed by atoms with Gasteiger partial charge in [0.2, 0.25) is 5.91 Å². The van der Waals surface area contributed by atoms with Gasteiger partial charge in [0.05, 0.1) is 21.9 Å². The number of benzene rings is 2. The third-order valence-electron chi connectivity index (χ3n) is 7.40. The fourth-order valence-electron chi connectivity index (χ4n) is 5.76. The molecule has 9 heteroatoms. The molecule has 188 valence electrons. The number of hydrogen-bond acceptors (Lipinski definition) is 6. The fraction of sp³-hybridized carbons (Fsp3) is 0.370. The van der Waals surface area contributed by atoms with Crippen LogP contribution in [0, 0.1) is 23.6 Å². The number of hydrogen-bond donors (Lipinski definition) is 3. The number of nitrogens with zero attached hydrogens (tertiary/aromatic N) is 3. The monoisotopic (exact) mass is 508 g/mol. The molecular weight excluding hydrogens is 479 g/mol. The predicted molar refractivity (Wildman–Crippen MR) is 143 cm³/mol. The van der Waals surface area contributed by atoms with E-state index in [1.54, 1.807) is 6.07 Å². The van der Waals surface area contributed by atoms with Crippen molar-refractivity contribution in [2.24, 2.45) is 17.8 Å². The van der Waals surface area contributed by atoms with E-state index in [2.05, 4.69) is 44.4 Å². The molecule has 1 saturated heterocycles. The first kappa shape index (κ1) is 24.5.